The monoisotopic (exact) mass is 168 g/mol. The summed E-state index contributed by atoms with van der Waals surface area (Å²) in [6.07, 6.45) is 12.5. The fourth-order valence-corrected chi connectivity index (χ4v) is 1.24. The topological polar surface area (TPSA) is 0 Å². The maximum absolute atomic E-state index is 5.86. The molecular weight excluding hydrogens is 156 g/mol. The van der Waals surface area contributed by atoms with Crippen molar-refractivity contribution >= 4 is 11.6 Å². The molecule has 0 radical (unpaired) electrons. The van der Waals surface area contributed by atoms with E-state index in [2.05, 4.69) is 25.2 Å². The number of allylic oxidation sites excluding steroid dienone is 6. The molecule has 0 heterocycles. The Kier molecular flexibility index (Phi) is 3.44. The van der Waals surface area contributed by atoms with E-state index in [0.717, 1.165) is 11.5 Å². The van der Waals surface area contributed by atoms with Crippen molar-refractivity contribution in [3.8, 4) is 0 Å². The van der Waals surface area contributed by atoms with Crippen LogP contribution in [0.4, 0.5) is 0 Å². The van der Waals surface area contributed by atoms with Gasteiger partial charge in [-0.2, -0.15) is 0 Å². The third-order valence-electron chi connectivity index (χ3n) is 1.89. The molecule has 1 rings (SSSR count). The number of halogens is 1. The van der Waals surface area contributed by atoms with E-state index in [0.29, 0.717) is 5.92 Å². The Morgan fingerprint density at radius 2 is 2.36 bits per heavy atom. The van der Waals surface area contributed by atoms with Gasteiger partial charge in [0.25, 0.3) is 0 Å². The van der Waals surface area contributed by atoms with Crippen LogP contribution in [0.15, 0.2) is 35.4 Å². The molecule has 0 aromatic rings. The third-order valence-corrected chi connectivity index (χ3v) is 2.17. The number of hydrogen-bond acceptors (Lipinski definition) is 0. The Balaban J connectivity index is 2.66. The highest BCUT2D eigenvalue weighted by Gasteiger charge is 2.00. The summed E-state index contributed by atoms with van der Waals surface area (Å²) in [4.78, 5) is 0. The van der Waals surface area contributed by atoms with Gasteiger partial charge >= 0.3 is 0 Å². The van der Waals surface area contributed by atoms with Crippen LogP contribution in [-0.2, 0) is 0 Å². The minimum absolute atomic E-state index is 0.661. The standard InChI is InChI=1S/C10H13Cl/c1-2-9-5-3-4-6-10(11)8-7-9/h3-6,8-9H,2,7H2,1H3. The largest absolute Gasteiger partial charge is 0.0847 e. The van der Waals surface area contributed by atoms with Crippen LogP contribution in [0.1, 0.15) is 19.8 Å². The lowest BCUT2D eigenvalue weighted by Gasteiger charge is -2.06. The summed E-state index contributed by atoms with van der Waals surface area (Å²) < 4.78 is 0. The quantitative estimate of drug-likeness (QED) is 0.561. The van der Waals surface area contributed by atoms with E-state index in [-0.39, 0.29) is 0 Å². The van der Waals surface area contributed by atoms with Gasteiger partial charge in [0, 0.05) is 5.03 Å². The highest BCUT2D eigenvalue weighted by atomic mass is 35.5. The van der Waals surface area contributed by atoms with Gasteiger partial charge in [0.15, 0.2) is 0 Å². The number of hydrogen-bond donors (Lipinski definition) is 0. The highest BCUT2D eigenvalue weighted by Crippen LogP contribution is 2.16. The molecule has 1 heteroatoms. The van der Waals surface area contributed by atoms with Crippen molar-refractivity contribution in [2.45, 2.75) is 19.8 Å². The van der Waals surface area contributed by atoms with Crippen LogP contribution < -0.4 is 0 Å². The summed E-state index contributed by atoms with van der Waals surface area (Å²) >= 11 is 5.86. The molecule has 0 aromatic heterocycles. The predicted molar refractivity (Wildman–Crippen MR) is 50.6 cm³/mol. The van der Waals surface area contributed by atoms with Gasteiger partial charge in [-0.1, -0.05) is 42.8 Å². The van der Waals surface area contributed by atoms with Crippen molar-refractivity contribution in [2.75, 3.05) is 0 Å². The smallest absolute Gasteiger partial charge is 0.0366 e. The highest BCUT2D eigenvalue weighted by molar-refractivity contribution is 6.31. The lowest BCUT2D eigenvalue weighted by molar-refractivity contribution is 0.637. The lowest BCUT2D eigenvalue weighted by Crippen LogP contribution is -1.92. The molecule has 1 atom stereocenters. The van der Waals surface area contributed by atoms with Crippen LogP contribution in [0.2, 0.25) is 0 Å². The zero-order valence-corrected chi connectivity index (χ0v) is 7.51. The van der Waals surface area contributed by atoms with E-state index < -0.39 is 0 Å². The van der Waals surface area contributed by atoms with Crippen molar-refractivity contribution in [2.24, 2.45) is 5.92 Å². The number of rotatable bonds is 1. The molecule has 0 fully saturated rings. The molecule has 0 bridgehead atoms. The molecule has 0 aliphatic heterocycles. The molecular formula is C10H13Cl. The van der Waals surface area contributed by atoms with Crippen LogP contribution in [-0.4, -0.2) is 0 Å². The first kappa shape index (κ1) is 8.61. The van der Waals surface area contributed by atoms with E-state index in [1.165, 1.54) is 6.42 Å². The van der Waals surface area contributed by atoms with Gasteiger partial charge in [-0.05, 0) is 24.8 Å². The van der Waals surface area contributed by atoms with Crippen molar-refractivity contribution in [1.82, 2.24) is 0 Å². The molecule has 1 aliphatic carbocycles. The molecule has 0 saturated carbocycles. The van der Waals surface area contributed by atoms with E-state index >= 15 is 0 Å². The first-order chi connectivity index (χ1) is 5.33. The van der Waals surface area contributed by atoms with Gasteiger partial charge in [0.1, 0.15) is 0 Å². The normalized spacial score (nSPS) is 24.2. The van der Waals surface area contributed by atoms with Crippen molar-refractivity contribution < 1.29 is 0 Å². The average Bonchev–Trinajstić information content (AvgIpc) is 1.98. The summed E-state index contributed by atoms with van der Waals surface area (Å²) in [6, 6.07) is 0. The first-order valence-electron chi connectivity index (χ1n) is 4.03. The molecule has 0 nitrogen and oxygen atoms in total. The summed E-state index contributed by atoms with van der Waals surface area (Å²) in [7, 11) is 0. The average molecular weight is 169 g/mol. The minimum atomic E-state index is 0.661. The van der Waals surface area contributed by atoms with Crippen molar-refractivity contribution in [1.29, 1.82) is 0 Å². The second-order valence-corrected chi connectivity index (χ2v) is 3.17. The molecule has 0 spiro atoms. The van der Waals surface area contributed by atoms with Gasteiger partial charge < -0.3 is 0 Å². The summed E-state index contributed by atoms with van der Waals surface area (Å²) in [5.41, 5.74) is 0. The van der Waals surface area contributed by atoms with Crippen LogP contribution in [0.25, 0.3) is 0 Å². The SMILES string of the molecule is CCC1C=CC=CC(Cl)=CC1. The lowest BCUT2D eigenvalue weighted by atomic mass is 10.0. The Bertz CT molecular complexity index is 199. The fraction of sp³-hybridized carbons (Fsp3) is 0.400. The van der Waals surface area contributed by atoms with Crippen LogP contribution in [0, 0.1) is 5.92 Å². The zero-order chi connectivity index (χ0) is 8.10. The Hall–Kier alpha value is -0.490. The van der Waals surface area contributed by atoms with Gasteiger partial charge in [0.05, 0.1) is 0 Å². The maximum Gasteiger partial charge on any atom is 0.0366 e. The van der Waals surface area contributed by atoms with E-state index in [1.807, 2.05) is 12.2 Å². The summed E-state index contributed by atoms with van der Waals surface area (Å²) in [6.45, 7) is 2.20. The van der Waals surface area contributed by atoms with Gasteiger partial charge in [-0.3, -0.25) is 0 Å². The van der Waals surface area contributed by atoms with E-state index in [4.69, 9.17) is 11.6 Å². The van der Waals surface area contributed by atoms with E-state index in [9.17, 15) is 0 Å². The zero-order valence-electron chi connectivity index (χ0n) is 6.76. The summed E-state index contributed by atoms with van der Waals surface area (Å²) in [5, 5.41) is 0.854. The van der Waals surface area contributed by atoms with Crippen LogP contribution in [0.3, 0.4) is 0 Å². The molecule has 0 N–H and O–H groups in total. The second-order valence-electron chi connectivity index (χ2n) is 2.74. The Labute approximate surface area is 73.3 Å². The maximum atomic E-state index is 5.86. The van der Waals surface area contributed by atoms with Crippen LogP contribution in [0.5, 0.6) is 0 Å². The third kappa shape index (κ3) is 2.94. The van der Waals surface area contributed by atoms with Gasteiger partial charge in [-0.15, -0.1) is 0 Å². The molecule has 11 heavy (non-hydrogen) atoms. The molecule has 1 unspecified atom stereocenters. The molecule has 0 saturated heterocycles. The van der Waals surface area contributed by atoms with Crippen molar-refractivity contribution in [3.63, 3.8) is 0 Å². The van der Waals surface area contributed by atoms with Crippen LogP contribution >= 0.6 is 11.6 Å². The fourth-order valence-electron chi connectivity index (χ4n) is 1.08. The molecule has 60 valence electrons. The molecule has 0 amide bonds. The van der Waals surface area contributed by atoms with E-state index in [1.54, 1.807) is 0 Å². The van der Waals surface area contributed by atoms with Gasteiger partial charge in [0.2, 0.25) is 0 Å². The Morgan fingerprint density at radius 1 is 1.55 bits per heavy atom. The molecule has 0 aromatic carbocycles. The predicted octanol–water partition coefficient (Wildman–Crippen LogP) is 3.65. The Morgan fingerprint density at radius 3 is 3.09 bits per heavy atom. The van der Waals surface area contributed by atoms with Gasteiger partial charge in [-0.25, -0.2) is 0 Å². The molecule has 1 aliphatic rings. The first-order valence-corrected chi connectivity index (χ1v) is 4.41. The second kappa shape index (κ2) is 4.40. The van der Waals surface area contributed by atoms with Crippen molar-refractivity contribution in [3.05, 3.63) is 35.4 Å². The summed E-state index contributed by atoms with van der Waals surface area (Å²) in [5.74, 6) is 0.661. The minimum Gasteiger partial charge on any atom is -0.0847 e.